The van der Waals surface area contributed by atoms with Crippen LogP contribution in [-0.2, 0) is 11.8 Å². The molecule has 100 valence electrons. The van der Waals surface area contributed by atoms with Gasteiger partial charge in [-0.15, -0.1) is 0 Å². The maximum Gasteiger partial charge on any atom is 0.251 e. The second-order valence-electron chi connectivity index (χ2n) is 5.93. The van der Waals surface area contributed by atoms with Crippen molar-refractivity contribution >= 4 is 0 Å². The van der Waals surface area contributed by atoms with Gasteiger partial charge in [-0.25, -0.2) is 4.98 Å². The molecule has 0 unspecified atom stereocenters. The Morgan fingerprint density at radius 3 is 2.53 bits per heavy atom. The summed E-state index contributed by atoms with van der Waals surface area (Å²) in [4.78, 5) is 19.2. The van der Waals surface area contributed by atoms with E-state index in [-0.39, 0.29) is 11.0 Å². The summed E-state index contributed by atoms with van der Waals surface area (Å²) in [6, 6.07) is 9.75. The summed E-state index contributed by atoms with van der Waals surface area (Å²) in [6.07, 6.45) is 0.659. The summed E-state index contributed by atoms with van der Waals surface area (Å²) in [6.45, 7) is 8.26. The second kappa shape index (κ2) is 5.00. The number of hydrogen-bond acceptors (Lipinski definition) is 2. The Morgan fingerprint density at radius 2 is 1.89 bits per heavy atom. The molecule has 0 spiro atoms. The molecular formula is C16H20N2O. The molecule has 0 radical (unpaired) electrons. The van der Waals surface area contributed by atoms with E-state index in [0.29, 0.717) is 6.42 Å². The molecule has 0 aliphatic heterocycles. The minimum absolute atomic E-state index is 0.0801. The third-order valence-electron chi connectivity index (χ3n) is 3.18. The highest BCUT2D eigenvalue weighted by Gasteiger charge is 2.17. The first-order chi connectivity index (χ1) is 8.86. The molecule has 0 aliphatic carbocycles. The summed E-state index contributed by atoms with van der Waals surface area (Å²) >= 11 is 0. The van der Waals surface area contributed by atoms with Crippen LogP contribution in [0.15, 0.2) is 35.1 Å². The number of rotatable bonds is 2. The molecular weight excluding hydrogens is 236 g/mol. The average Bonchev–Trinajstić information content (AvgIpc) is 2.30. The summed E-state index contributed by atoms with van der Waals surface area (Å²) in [5, 5.41) is 0. The van der Waals surface area contributed by atoms with E-state index < -0.39 is 0 Å². The molecule has 2 rings (SSSR count). The van der Waals surface area contributed by atoms with Gasteiger partial charge in [0.2, 0.25) is 0 Å². The zero-order valence-corrected chi connectivity index (χ0v) is 11.9. The number of aryl methyl sites for hydroxylation is 1. The van der Waals surface area contributed by atoms with Crippen molar-refractivity contribution in [3.05, 3.63) is 63.3 Å². The average molecular weight is 256 g/mol. The third-order valence-corrected chi connectivity index (χ3v) is 3.18. The maximum atomic E-state index is 11.7. The highest BCUT2D eigenvalue weighted by atomic mass is 16.1. The van der Waals surface area contributed by atoms with Crippen LogP contribution in [0.3, 0.4) is 0 Å². The smallest absolute Gasteiger partial charge is 0.251 e. The lowest BCUT2D eigenvalue weighted by atomic mass is 9.92. The first-order valence-corrected chi connectivity index (χ1v) is 6.51. The fourth-order valence-corrected chi connectivity index (χ4v) is 1.96. The summed E-state index contributed by atoms with van der Waals surface area (Å²) in [7, 11) is 0. The van der Waals surface area contributed by atoms with E-state index in [9.17, 15) is 4.79 Å². The molecule has 3 nitrogen and oxygen atoms in total. The largest absolute Gasteiger partial charge is 0.310 e. The van der Waals surface area contributed by atoms with Crippen molar-refractivity contribution in [3.63, 3.8) is 0 Å². The van der Waals surface area contributed by atoms with Crippen LogP contribution >= 0.6 is 0 Å². The molecule has 3 heteroatoms. The van der Waals surface area contributed by atoms with E-state index in [1.54, 1.807) is 6.07 Å². The number of benzene rings is 1. The molecule has 0 atom stereocenters. The number of H-pyrrole nitrogens is 1. The van der Waals surface area contributed by atoms with Crippen molar-refractivity contribution in [2.24, 2.45) is 0 Å². The van der Waals surface area contributed by atoms with Crippen molar-refractivity contribution < 1.29 is 0 Å². The first kappa shape index (κ1) is 13.5. The minimum Gasteiger partial charge on any atom is -0.310 e. The van der Waals surface area contributed by atoms with Crippen LogP contribution in [0.5, 0.6) is 0 Å². The zero-order chi connectivity index (χ0) is 14.0. The van der Waals surface area contributed by atoms with Crippen molar-refractivity contribution in [2.45, 2.75) is 39.5 Å². The van der Waals surface area contributed by atoms with Gasteiger partial charge in [0, 0.05) is 17.9 Å². The van der Waals surface area contributed by atoms with Crippen LogP contribution in [-0.4, -0.2) is 9.97 Å². The van der Waals surface area contributed by atoms with Crippen molar-refractivity contribution in [1.29, 1.82) is 0 Å². The molecule has 0 amide bonds. The lowest BCUT2D eigenvalue weighted by Crippen LogP contribution is -2.21. The molecule has 1 N–H and O–H groups in total. The summed E-state index contributed by atoms with van der Waals surface area (Å²) in [5.74, 6) is 0.728. The van der Waals surface area contributed by atoms with Gasteiger partial charge in [0.05, 0.1) is 5.69 Å². The van der Waals surface area contributed by atoms with Crippen molar-refractivity contribution in [3.8, 4) is 0 Å². The molecule has 2 aromatic rings. The number of nitrogens with one attached hydrogen (secondary N) is 1. The van der Waals surface area contributed by atoms with Crippen LogP contribution in [0.2, 0.25) is 0 Å². The van der Waals surface area contributed by atoms with Crippen LogP contribution in [0.4, 0.5) is 0 Å². The van der Waals surface area contributed by atoms with Gasteiger partial charge in [-0.2, -0.15) is 0 Å². The lowest BCUT2D eigenvalue weighted by Gasteiger charge is -2.18. The van der Waals surface area contributed by atoms with E-state index in [1.165, 1.54) is 11.1 Å². The number of aromatic amines is 1. The van der Waals surface area contributed by atoms with Gasteiger partial charge in [-0.1, -0.05) is 45.0 Å². The fraction of sp³-hybridized carbons (Fsp3) is 0.375. The first-order valence-electron chi connectivity index (χ1n) is 6.51. The Balaban J connectivity index is 2.39. The molecule has 19 heavy (non-hydrogen) atoms. The fourth-order valence-electron chi connectivity index (χ4n) is 1.96. The standard InChI is InChI=1S/C16H20N2O/c1-11-7-5-6-8-12(11)9-14-17-13(16(2,3)4)10-15(19)18-14/h5-8,10H,9H2,1-4H3,(H,17,18,19). The van der Waals surface area contributed by atoms with E-state index in [2.05, 4.69) is 49.8 Å². The van der Waals surface area contributed by atoms with Crippen LogP contribution in [0.25, 0.3) is 0 Å². The van der Waals surface area contributed by atoms with Crippen LogP contribution < -0.4 is 5.56 Å². The van der Waals surface area contributed by atoms with Gasteiger partial charge in [-0.3, -0.25) is 4.79 Å². The highest BCUT2D eigenvalue weighted by molar-refractivity contribution is 5.28. The topological polar surface area (TPSA) is 45.8 Å². The van der Waals surface area contributed by atoms with Gasteiger partial charge in [0.25, 0.3) is 5.56 Å². The van der Waals surface area contributed by atoms with E-state index in [1.807, 2.05) is 12.1 Å². The Labute approximate surface area is 113 Å². The van der Waals surface area contributed by atoms with Gasteiger partial charge in [-0.05, 0) is 18.1 Å². The molecule has 1 aromatic carbocycles. The predicted molar refractivity (Wildman–Crippen MR) is 77.5 cm³/mol. The summed E-state index contributed by atoms with van der Waals surface area (Å²) < 4.78 is 0. The molecule has 0 saturated heterocycles. The van der Waals surface area contributed by atoms with Gasteiger partial charge in [0.15, 0.2) is 0 Å². The molecule has 0 saturated carbocycles. The third kappa shape index (κ3) is 3.31. The van der Waals surface area contributed by atoms with Crippen LogP contribution in [0.1, 0.15) is 43.4 Å². The summed E-state index contributed by atoms with van der Waals surface area (Å²) in [5.41, 5.74) is 3.04. The van der Waals surface area contributed by atoms with Crippen LogP contribution in [0, 0.1) is 6.92 Å². The number of aromatic nitrogens is 2. The van der Waals surface area contributed by atoms with E-state index in [0.717, 1.165) is 11.5 Å². The Kier molecular flexibility index (Phi) is 3.56. The molecule has 1 heterocycles. The number of hydrogen-bond donors (Lipinski definition) is 1. The number of nitrogens with zero attached hydrogens (tertiary/aromatic N) is 1. The van der Waals surface area contributed by atoms with E-state index in [4.69, 9.17) is 0 Å². The molecule has 1 aromatic heterocycles. The Morgan fingerprint density at radius 1 is 1.21 bits per heavy atom. The van der Waals surface area contributed by atoms with Crippen molar-refractivity contribution in [1.82, 2.24) is 9.97 Å². The van der Waals surface area contributed by atoms with E-state index >= 15 is 0 Å². The molecule has 0 bridgehead atoms. The van der Waals surface area contributed by atoms with Gasteiger partial charge < -0.3 is 4.98 Å². The van der Waals surface area contributed by atoms with Crippen molar-refractivity contribution in [2.75, 3.05) is 0 Å². The van der Waals surface area contributed by atoms with Gasteiger partial charge >= 0.3 is 0 Å². The normalized spacial score (nSPS) is 11.6. The SMILES string of the molecule is Cc1ccccc1Cc1nc(C(C)(C)C)cc(=O)[nH]1. The maximum absolute atomic E-state index is 11.7. The lowest BCUT2D eigenvalue weighted by molar-refractivity contribution is 0.561. The second-order valence-corrected chi connectivity index (χ2v) is 5.93. The Bertz CT molecular complexity index is 636. The monoisotopic (exact) mass is 256 g/mol. The quantitative estimate of drug-likeness (QED) is 0.898. The predicted octanol–water partition coefficient (Wildman–Crippen LogP) is 2.97. The molecule has 0 fully saturated rings. The zero-order valence-electron chi connectivity index (χ0n) is 11.9. The highest BCUT2D eigenvalue weighted by Crippen LogP contribution is 2.19. The minimum atomic E-state index is -0.116. The molecule has 0 aliphatic rings. The van der Waals surface area contributed by atoms with Gasteiger partial charge in [0.1, 0.15) is 5.82 Å². The Hall–Kier alpha value is -1.90.